The van der Waals surface area contributed by atoms with Gasteiger partial charge in [0.05, 0.1) is 15.5 Å². The van der Waals surface area contributed by atoms with Gasteiger partial charge in [0.1, 0.15) is 0 Å². The molecule has 1 aromatic carbocycles. The first-order chi connectivity index (χ1) is 12.7. The van der Waals surface area contributed by atoms with E-state index in [1.807, 2.05) is 16.8 Å². The van der Waals surface area contributed by atoms with E-state index < -0.39 is 10.0 Å². The minimum atomic E-state index is -3.69. The Bertz CT molecular complexity index is 922. The maximum Gasteiger partial charge on any atom is 0.255 e. The van der Waals surface area contributed by atoms with Gasteiger partial charge in [-0.3, -0.25) is 4.79 Å². The summed E-state index contributed by atoms with van der Waals surface area (Å²) in [5.74, 6) is -0.224. The molecule has 1 saturated carbocycles. The number of hydrogen-bond acceptors (Lipinski definition) is 4. The van der Waals surface area contributed by atoms with Crippen molar-refractivity contribution in [3.63, 3.8) is 0 Å². The van der Waals surface area contributed by atoms with Crippen molar-refractivity contribution in [1.29, 1.82) is 0 Å². The van der Waals surface area contributed by atoms with Gasteiger partial charge in [-0.05, 0) is 67.3 Å². The number of carbonyl (C=O) groups is 1. The topological polar surface area (TPSA) is 57.7 Å². The van der Waals surface area contributed by atoms with Gasteiger partial charge in [0.15, 0.2) is 0 Å². The highest BCUT2D eigenvalue weighted by atomic mass is 35.5. The van der Waals surface area contributed by atoms with Gasteiger partial charge in [-0.15, -0.1) is 0 Å². The molecule has 0 unspecified atom stereocenters. The normalized spacial score (nSPS) is 14.7. The van der Waals surface area contributed by atoms with Crippen molar-refractivity contribution in [2.24, 2.45) is 0 Å². The van der Waals surface area contributed by atoms with Gasteiger partial charge in [0, 0.05) is 25.7 Å². The largest absolute Gasteiger partial charge is 0.331 e. The van der Waals surface area contributed by atoms with Crippen LogP contribution in [0.3, 0.4) is 0 Å². The fourth-order valence-corrected chi connectivity index (χ4v) is 5.01. The van der Waals surface area contributed by atoms with Crippen LogP contribution in [0.5, 0.6) is 0 Å². The number of benzene rings is 1. The van der Waals surface area contributed by atoms with Crippen molar-refractivity contribution in [2.75, 3.05) is 7.05 Å². The van der Waals surface area contributed by atoms with Crippen LogP contribution in [0.2, 0.25) is 5.02 Å². The van der Waals surface area contributed by atoms with Crippen LogP contribution < -0.4 is 0 Å². The molecule has 2 aromatic rings. The van der Waals surface area contributed by atoms with Gasteiger partial charge in [-0.25, -0.2) is 8.42 Å². The number of amides is 1. The highest BCUT2D eigenvalue weighted by Gasteiger charge is 2.34. The van der Waals surface area contributed by atoms with E-state index in [-0.39, 0.29) is 33.5 Å². The first kappa shape index (κ1) is 20.3. The predicted molar refractivity (Wildman–Crippen MR) is 109 cm³/mol. The van der Waals surface area contributed by atoms with Crippen LogP contribution in [0, 0.1) is 0 Å². The first-order valence-corrected chi connectivity index (χ1v) is 11.6. The van der Waals surface area contributed by atoms with Gasteiger partial charge >= 0.3 is 0 Å². The molecular formula is C19H23ClN2O3S2. The molecule has 0 saturated heterocycles. The molecule has 1 heterocycles. The predicted octanol–water partition coefficient (Wildman–Crippen LogP) is 4.24. The second-order valence-corrected chi connectivity index (χ2v) is 10.2. The third-order valence-electron chi connectivity index (χ3n) is 4.75. The molecule has 1 amide bonds. The van der Waals surface area contributed by atoms with Crippen LogP contribution in [0.1, 0.15) is 42.6 Å². The van der Waals surface area contributed by atoms with Gasteiger partial charge in [-0.1, -0.05) is 11.6 Å². The summed E-state index contributed by atoms with van der Waals surface area (Å²) in [4.78, 5) is 15.1. The van der Waals surface area contributed by atoms with E-state index in [0.29, 0.717) is 6.54 Å². The maximum atomic E-state index is 13.2. The molecule has 0 bridgehead atoms. The van der Waals surface area contributed by atoms with Crippen LogP contribution in [-0.4, -0.2) is 42.7 Å². The summed E-state index contributed by atoms with van der Waals surface area (Å²) in [6.45, 7) is 4.11. The smallest absolute Gasteiger partial charge is 0.255 e. The first-order valence-electron chi connectivity index (χ1n) is 8.81. The molecule has 27 heavy (non-hydrogen) atoms. The molecular weight excluding hydrogens is 404 g/mol. The fourth-order valence-electron chi connectivity index (χ4n) is 2.76. The summed E-state index contributed by atoms with van der Waals surface area (Å²) in [5, 5.41) is 4.26. The Morgan fingerprint density at radius 2 is 2.00 bits per heavy atom. The van der Waals surface area contributed by atoms with Crippen molar-refractivity contribution in [2.45, 2.75) is 50.2 Å². The van der Waals surface area contributed by atoms with Crippen molar-refractivity contribution in [1.82, 2.24) is 9.21 Å². The molecule has 5 nitrogen and oxygen atoms in total. The van der Waals surface area contributed by atoms with Crippen LogP contribution in [-0.2, 0) is 16.6 Å². The van der Waals surface area contributed by atoms with Crippen molar-refractivity contribution in [3.8, 4) is 0 Å². The lowest BCUT2D eigenvalue weighted by molar-refractivity contribution is 0.0730. The van der Waals surface area contributed by atoms with Gasteiger partial charge in [0.25, 0.3) is 5.91 Å². The number of thiophene rings is 1. The molecule has 1 aromatic heterocycles. The molecule has 0 N–H and O–H groups in total. The monoisotopic (exact) mass is 426 g/mol. The zero-order chi connectivity index (χ0) is 19.8. The van der Waals surface area contributed by atoms with Crippen molar-refractivity contribution < 1.29 is 13.2 Å². The lowest BCUT2D eigenvalue weighted by atomic mass is 10.1. The number of halogens is 1. The van der Waals surface area contributed by atoms with Crippen LogP contribution >= 0.6 is 22.9 Å². The Morgan fingerprint density at radius 1 is 1.30 bits per heavy atom. The summed E-state index contributed by atoms with van der Waals surface area (Å²) in [6.07, 6.45) is 1.92. The number of carbonyl (C=O) groups excluding carboxylic acids is 1. The average molecular weight is 427 g/mol. The minimum absolute atomic E-state index is 0.0812. The summed E-state index contributed by atoms with van der Waals surface area (Å²) in [5.41, 5.74) is 1.30. The van der Waals surface area contributed by atoms with Gasteiger partial charge in [-0.2, -0.15) is 15.6 Å². The third-order valence-corrected chi connectivity index (χ3v) is 7.85. The molecule has 1 fully saturated rings. The summed E-state index contributed by atoms with van der Waals surface area (Å²) < 4.78 is 26.9. The SMILES string of the molecule is CC(C)N(C)S(=O)(=O)c1ccc(Cl)c(C(=O)N(Cc2ccsc2)C2CC2)c1. The van der Waals surface area contributed by atoms with E-state index in [0.717, 1.165) is 18.4 Å². The van der Waals surface area contributed by atoms with E-state index in [1.165, 1.54) is 29.6 Å². The standard InChI is InChI=1S/C19H23ClN2O3S2/c1-13(2)21(3)27(24,25)16-6-7-18(20)17(10-16)19(23)22(15-4-5-15)11-14-8-9-26-12-14/h6-10,12-13,15H,4-5,11H2,1-3H3. The zero-order valence-electron chi connectivity index (χ0n) is 15.6. The quantitative estimate of drug-likeness (QED) is 0.665. The van der Waals surface area contributed by atoms with Gasteiger partial charge < -0.3 is 4.90 Å². The third kappa shape index (κ3) is 4.37. The van der Waals surface area contributed by atoms with Crippen LogP contribution in [0.15, 0.2) is 39.9 Å². The van der Waals surface area contributed by atoms with Crippen molar-refractivity contribution in [3.05, 3.63) is 51.2 Å². The number of sulfonamides is 1. The molecule has 0 aliphatic heterocycles. The van der Waals surface area contributed by atoms with E-state index in [9.17, 15) is 13.2 Å². The molecule has 1 aliphatic rings. The lowest BCUT2D eigenvalue weighted by Crippen LogP contribution is -2.34. The Labute approximate surface area is 169 Å². The highest BCUT2D eigenvalue weighted by Crippen LogP contribution is 2.32. The molecule has 0 spiro atoms. The highest BCUT2D eigenvalue weighted by molar-refractivity contribution is 7.89. The second-order valence-electron chi connectivity index (χ2n) is 7.05. The Kier molecular flexibility index (Phi) is 5.96. The van der Waals surface area contributed by atoms with Crippen LogP contribution in [0.4, 0.5) is 0 Å². The van der Waals surface area contributed by atoms with E-state index in [4.69, 9.17) is 11.6 Å². The molecule has 146 valence electrons. The zero-order valence-corrected chi connectivity index (χ0v) is 17.9. The second kappa shape index (κ2) is 7.91. The molecule has 8 heteroatoms. The minimum Gasteiger partial charge on any atom is -0.331 e. The molecule has 0 atom stereocenters. The summed E-state index contributed by atoms with van der Waals surface area (Å²) >= 11 is 7.87. The molecule has 3 rings (SSSR count). The number of hydrogen-bond donors (Lipinski definition) is 0. The Hall–Kier alpha value is -1.41. The summed E-state index contributed by atoms with van der Waals surface area (Å²) in [7, 11) is -2.15. The Morgan fingerprint density at radius 3 is 2.56 bits per heavy atom. The van der Waals surface area contributed by atoms with Gasteiger partial charge in [0.2, 0.25) is 10.0 Å². The van der Waals surface area contributed by atoms with E-state index in [1.54, 1.807) is 30.1 Å². The molecule has 1 aliphatic carbocycles. The van der Waals surface area contributed by atoms with Crippen molar-refractivity contribution >= 4 is 38.9 Å². The van der Waals surface area contributed by atoms with Crippen LogP contribution in [0.25, 0.3) is 0 Å². The summed E-state index contributed by atoms with van der Waals surface area (Å²) in [6, 6.07) is 6.34. The fraction of sp³-hybridized carbons (Fsp3) is 0.421. The lowest BCUT2D eigenvalue weighted by Gasteiger charge is -2.24. The maximum absolute atomic E-state index is 13.2. The van der Waals surface area contributed by atoms with E-state index in [2.05, 4.69) is 0 Å². The average Bonchev–Trinajstić information content (AvgIpc) is 3.34. The van der Waals surface area contributed by atoms with E-state index >= 15 is 0 Å². The Balaban J connectivity index is 1.94. The molecule has 0 radical (unpaired) electrons. The number of rotatable bonds is 7. The number of nitrogens with zero attached hydrogens (tertiary/aromatic N) is 2.